The van der Waals surface area contributed by atoms with Gasteiger partial charge in [-0.3, -0.25) is 0 Å². The van der Waals surface area contributed by atoms with Gasteiger partial charge in [0, 0.05) is 0 Å². The van der Waals surface area contributed by atoms with Crippen LogP contribution in [0.4, 0.5) is 0 Å². The SMILES string of the molecule is [SiH3]O[SiH3].[SiH3][O][Al][O][SiH3]. The first-order chi connectivity index (χ1) is 3.83. The van der Waals surface area contributed by atoms with Gasteiger partial charge in [-0.05, 0) is 0 Å². The van der Waals surface area contributed by atoms with Gasteiger partial charge >= 0.3 is 15.9 Å². The van der Waals surface area contributed by atoms with Crippen molar-refractivity contribution in [2.24, 2.45) is 0 Å². The van der Waals surface area contributed by atoms with Gasteiger partial charge in [-0.25, -0.2) is 0 Å². The first-order valence-electron chi connectivity index (χ1n) is 2.10. The van der Waals surface area contributed by atoms with Gasteiger partial charge in [-0.15, -0.1) is 0 Å². The van der Waals surface area contributed by atoms with E-state index in [1.54, 1.807) is 0 Å². The van der Waals surface area contributed by atoms with E-state index in [2.05, 4.69) is 4.12 Å². The lowest BCUT2D eigenvalue weighted by molar-refractivity contribution is 0.513. The summed E-state index contributed by atoms with van der Waals surface area (Å²) < 4.78 is 14.0. The molecule has 0 aliphatic rings. The second-order valence-corrected chi connectivity index (χ2v) is 8.21. The molecule has 0 aromatic heterocycles. The highest BCUT2D eigenvalue weighted by atomic mass is 28.3. The van der Waals surface area contributed by atoms with Crippen LogP contribution in [0.1, 0.15) is 0 Å². The molecule has 0 saturated heterocycles. The van der Waals surface area contributed by atoms with Gasteiger partial charge < -0.3 is 11.1 Å². The molecule has 49 valence electrons. The van der Waals surface area contributed by atoms with Gasteiger partial charge in [-0.2, -0.15) is 0 Å². The fourth-order valence-electron chi connectivity index (χ4n) is 0.0962. The third-order valence-electron chi connectivity index (χ3n) is 0.192. The molecule has 0 heterocycles. The Labute approximate surface area is 69.0 Å². The van der Waals surface area contributed by atoms with Gasteiger partial charge in [0.25, 0.3) is 0 Å². The van der Waals surface area contributed by atoms with Crippen molar-refractivity contribution in [2.75, 3.05) is 0 Å². The molecular weight excluding hydrogens is 187 g/mol. The molecule has 0 aromatic carbocycles. The Hall–Kier alpha value is 1.28. The van der Waals surface area contributed by atoms with E-state index in [0.717, 1.165) is 41.9 Å². The maximum absolute atomic E-state index is 4.73. The molecule has 0 rings (SSSR count). The maximum Gasteiger partial charge on any atom is 0.643 e. The Morgan fingerprint density at radius 1 is 0.875 bits per heavy atom. The van der Waals surface area contributed by atoms with Gasteiger partial charge in [0.1, 0.15) is 41.9 Å². The van der Waals surface area contributed by atoms with Crippen LogP contribution in [0.3, 0.4) is 0 Å². The molecular formula is H12AlO3Si4. The maximum atomic E-state index is 4.73. The normalized spacial score (nSPS) is 8.50. The lowest BCUT2D eigenvalue weighted by Crippen LogP contribution is -1.96. The highest BCUT2D eigenvalue weighted by Gasteiger charge is 1.80. The van der Waals surface area contributed by atoms with Crippen LogP contribution in [0.5, 0.6) is 0 Å². The first-order valence-corrected chi connectivity index (χ1v) is 6.31. The molecule has 0 bridgehead atoms. The van der Waals surface area contributed by atoms with E-state index in [1.165, 1.54) is 0 Å². The van der Waals surface area contributed by atoms with Crippen LogP contribution in [-0.4, -0.2) is 57.8 Å². The van der Waals surface area contributed by atoms with E-state index in [4.69, 9.17) is 6.96 Å². The molecule has 0 fully saturated rings. The molecule has 0 unspecified atom stereocenters. The second kappa shape index (κ2) is 15.7. The quantitative estimate of drug-likeness (QED) is 0.416. The number of hydrogen-bond donors (Lipinski definition) is 0. The molecule has 0 amide bonds. The van der Waals surface area contributed by atoms with Crippen molar-refractivity contribution in [1.29, 1.82) is 0 Å². The van der Waals surface area contributed by atoms with E-state index in [9.17, 15) is 0 Å². The summed E-state index contributed by atoms with van der Waals surface area (Å²) in [5.41, 5.74) is 0. The topological polar surface area (TPSA) is 27.7 Å². The van der Waals surface area contributed by atoms with E-state index in [0.29, 0.717) is 0 Å². The third kappa shape index (κ3) is 26.7. The Bertz CT molecular complexity index is 25.2. The highest BCUT2D eigenvalue weighted by molar-refractivity contribution is 6.33. The average molecular weight is 199 g/mol. The lowest BCUT2D eigenvalue weighted by atomic mass is 15.7. The molecule has 1 radical (unpaired) electrons. The van der Waals surface area contributed by atoms with Crippen molar-refractivity contribution in [3.63, 3.8) is 0 Å². The molecule has 0 aromatic rings. The summed E-state index contributed by atoms with van der Waals surface area (Å²) in [4.78, 5) is 0. The standard InChI is InChI=1S/Al.H6OSi2.2H3OSi/c;2-1-3;2*1-2/h;2-3H3;2*2H3/q+2;;2*-1. The minimum Gasteiger partial charge on any atom is -0.535 e. The lowest BCUT2D eigenvalue weighted by Gasteiger charge is -1.85. The van der Waals surface area contributed by atoms with Crippen molar-refractivity contribution >= 4 is 57.8 Å². The van der Waals surface area contributed by atoms with Gasteiger partial charge in [-0.1, -0.05) is 0 Å². The van der Waals surface area contributed by atoms with Crippen LogP contribution < -0.4 is 0 Å². The minimum atomic E-state index is -0.0617. The molecule has 0 aliphatic carbocycles. The van der Waals surface area contributed by atoms with Crippen molar-refractivity contribution in [2.45, 2.75) is 0 Å². The average Bonchev–Trinajstić information content (AvgIpc) is 1.71. The van der Waals surface area contributed by atoms with Crippen LogP contribution in [0.15, 0.2) is 0 Å². The Morgan fingerprint density at radius 3 is 1.12 bits per heavy atom. The fourth-order valence-corrected chi connectivity index (χ4v) is 2.60. The third-order valence-corrected chi connectivity index (χ3v) is 1.73. The van der Waals surface area contributed by atoms with Gasteiger partial charge in [0.15, 0.2) is 0 Å². The van der Waals surface area contributed by atoms with E-state index in [-0.39, 0.29) is 15.9 Å². The molecule has 8 heavy (non-hydrogen) atoms. The van der Waals surface area contributed by atoms with Gasteiger partial charge in [0.05, 0.1) is 0 Å². The summed E-state index contributed by atoms with van der Waals surface area (Å²) in [6, 6.07) is 0. The predicted molar refractivity (Wildman–Crippen MR) is 48.8 cm³/mol. The summed E-state index contributed by atoms with van der Waals surface area (Å²) in [6.07, 6.45) is 0. The molecule has 0 saturated carbocycles. The smallest absolute Gasteiger partial charge is 0.535 e. The summed E-state index contributed by atoms with van der Waals surface area (Å²) in [6.45, 7) is 0. The molecule has 0 atom stereocenters. The Kier molecular flexibility index (Phi) is 23.6. The van der Waals surface area contributed by atoms with E-state index >= 15 is 0 Å². The van der Waals surface area contributed by atoms with E-state index in [1.807, 2.05) is 0 Å². The highest BCUT2D eigenvalue weighted by Crippen LogP contribution is 1.52. The second-order valence-electron chi connectivity index (χ2n) is 0.976. The zero-order valence-electron chi connectivity index (χ0n) is 5.80. The Morgan fingerprint density at radius 2 is 1.12 bits per heavy atom. The molecule has 8 heteroatoms. The van der Waals surface area contributed by atoms with E-state index < -0.39 is 0 Å². The van der Waals surface area contributed by atoms with Crippen molar-refractivity contribution in [3.05, 3.63) is 0 Å². The molecule has 0 spiro atoms. The zero-order valence-corrected chi connectivity index (χ0v) is 15.0. The van der Waals surface area contributed by atoms with Crippen LogP contribution in [0.25, 0.3) is 0 Å². The molecule has 0 N–H and O–H groups in total. The summed E-state index contributed by atoms with van der Waals surface area (Å²) >= 11 is -0.0617. The number of rotatable bonds is 2. The van der Waals surface area contributed by atoms with Crippen molar-refractivity contribution in [1.82, 2.24) is 0 Å². The number of hydrogen-bond acceptors (Lipinski definition) is 3. The summed E-state index contributed by atoms with van der Waals surface area (Å²) in [7, 11) is 3.53. The Balaban J connectivity index is 0. The van der Waals surface area contributed by atoms with Crippen LogP contribution in [0.2, 0.25) is 0 Å². The fraction of sp³-hybridized carbons (Fsp3) is 0. The molecule has 3 nitrogen and oxygen atoms in total. The monoisotopic (exact) mass is 199 g/mol. The molecule has 0 aliphatic heterocycles. The van der Waals surface area contributed by atoms with Crippen LogP contribution >= 0.6 is 0 Å². The minimum absolute atomic E-state index is 0.0617. The zero-order chi connectivity index (χ0) is 6.83. The first kappa shape index (κ1) is 12.0. The van der Waals surface area contributed by atoms with Crippen molar-refractivity contribution in [3.8, 4) is 0 Å². The van der Waals surface area contributed by atoms with Crippen LogP contribution in [-0.2, 0) is 11.1 Å². The predicted octanol–water partition coefficient (Wildman–Crippen LogP) is -5.32. The van der Waals surface area contributed by atoms with Gasteiger partial charge in [0.2, 0.25) is 0 Å². The summed E-state index contributed by atoms with van der Waals surface area (Å²) in [5.74, 6) is 0. The largest absolute Gasteiger partial charge is 0.643 e. The van der Waals surface area contributed by atoms with Crippen molar-refractivity contribution < 1.29 is 11.1 Å². The summed E-state index contributed by atoms with van der Waals surface area (Å²) in [5, 5.41) is 0. The van der Waals surface area contributed by atoms with Crippen LogP contribution in [0, 0.1) is 0 Å².